The molecule has 0 aliphatic carbocycles. The Morgan fingerprint density at radius 1 is 1.67 bits per heavy atom. The Kier molecular flexibility index (Phi) is 3.33. The Morgan fingerprint density at radius 2 is 2.33 bits per heavy atom. The maximum absolute atomic E-state index is 11.3. The van der Waals surface area contributed by atoms with Gasteiger partial charge >= 0.3 is 0 Å². The van der Waals surface area contributed by atoms with E-state index >= 15 is 0 Å². The first-order chi connectivity index (χ1) is 7.06. The van der Waals surface area contributed by atoms with Gasteiger partial charge in [0.05, 0.1) is 4.92 Å². The molecule has 0 aliphatic rings. The Morgan fingerprint density at radius 3 is 2.80 bits per heavy atom. The smallest absolute Gasteiger partial charge is 0.290 e. The van der Waals surface area contributed by atoms with Crippen molar-refractivity contribution in [1.82, 2.24) is 10.3 Å². The Bertz CT molecular complexity index is 404. The zero-order valence-electron chi connectivity index (χ0n) is 8.48. The van der Waals surface area contributed by atoms with Crippen molar-refractivity contribution < 1.29 is 9.72 Å². The average molecular weight is 209 g/mol. The first-order valence-corrected chi connectivity index (χ1v) is 4.45. The van der Waals surface area contributed by atoms with Gasteiger partial charge in [0.1, 0.15) is 11.9 Å². The molecule has 0 bridgehead atoms. The zero-order valence-corrected chi connectivity index (χ0v) is 8.48. The second-order valence-corrected chi connectivity index (χ2v) is 2.97. The van der Waals surface area contributed by atoms with Crippen LogP contribution in [0, 0.1) is 17.0 Å². The van der Waals surface area contributed by atoms with Crippen LogP contribution in [-0.4, -0.2) is 22.4 Å². The van der Waals surface area contributed by atoms with Gasteiger partial charge in [-0.1, -0.05) is 0 Å². The second-order valence-electron chi connectivity index (χ2n) is 2.97. The third kappa shape index (κ3) is 2.49. The molecule has 0 saturated heterocycles. The van der Waals surface area contributed by atoms with Gasteiger partial charge in [-0.05, 0) is 19.9 Å². The fourth-order valence-electron chi connectivity index (χ4n) is 1.12. The maximum Gasteiger partial charge on any atom is 0.290 e. The van der Waals surface area contributed by atoms with Crippen LogP contribution in [0.1, 0.15) is 23.0 Å². The standard InChI is InChI=1S/C9H11N3O3/c1-3-10-9(13)7-4-6(2)8(5-11-7)12(14)15/h4-5H,3H2,1-2H3,(H,10,13). The summed E-state index contributed by atoms with van der Waals surface area (Å²) in [6.45, 7) is 3.86. The molecule has 0 unspecified atom stereocenters. The van der Waals surface area contributed by atoms with Gasteiger partial charge in [0, 0.05) is 12.1 Å². The third-order valence-electron chi connectivity index (χ3n) is 1.85. The highest BCUT2D eigenvalue weighted by Gasteiger charge is 2.14. The summed E-state index contributed by atoms with van der Waals surface area (Å²) in [6, 6.07) is 1.41. The van der Waals surface area contributed by atoms with Crippen molar-refractivity contribution in [2.45, 2.75) is 13.8 Å². The van der Waals surface area contributed by atoms with Crippen LogP contribution in [0.25, 0.3) is 0 Å². The fourth-order valence-corrected chi connectivity index (χ4v) is 1.12. The van der Waals surface area contributed by atoms with E-state index in [9.17, 15) is 14.9 Å². The molecule has 1 aromatic heterocycles. The van der Waals surface area contributed by atoms with Gasteiger partial charge in [-0.15, -0.1) is 0 Å². The molecule has 80 valence electrons. The molecule has 0 aliphatic heterocycles. The van der Waals surface area contributed by atoms with Crippen LogP contribution in [-0.2, 0) is 0 Å². The average Bonchev–Trinajstić information content (AvgIpc) is 2.17. The van der Waals surface area contributed by atoms with E-state index in [1.807, 2.05) is 0 Å². The number of carbonyl (C=O) groups excluding carboxylic acids is 1. The number of nitro groups is 1. The molecular formula is C9H11N3O3. The second kappa shape index (κ2) is 4.50. The van der Waals surface area contributed by atoms with Crippen molar-refractivity contribution in [3.05, 3.63) is 33.6 Å². The van der Waals surface area contributed by atoms with Crippen LogP contribution >= 0.6 is 0 Å². The minimum absolute atomic E-state index is 0.0805. The number of carbonyl (C=O) groups is 1. The van der Waals surface area contributed by atoms with Gasteiger partial charge in [0.25, 0.3) is 11.6 Å². The van der Waals surface area contributed by atoms with Gasteiger partial charge in [-0.2, -0.15) is 0 Å². The Labute approximate surface area is 86.5 Å². The number of aryl methyl sites for hydroxylation is 1. The first-order valence-electron chi connectivity index (χ1n) is 4.45. The summed E-state index contributed by atoms with van der Waals surface area (Å²) in [5.74, 6) is -0.324. The molecule has 0 fully saturated rings. The van der Waals surface area contributed by atoms with Crippen LogP contribution in [0.3, 0.4) is 0 Å². The lowest BCUT2D eigenvalue weighted by Gasteiger charge is -2.02. The molecule has 1 heterocycles. The molecule has 1 rings (SSSR count). The highest BCUT2D eigenvalue weighted by Crippen LogP contribution is 2.16. The van der Waals surface area contributed by atoms with Crippen molar-refractivity contribution in [2.75, 3.05) is 6.54 Å². The molecule has 1 aromatic rings. The third-order valence-corrected chi connectivity index (χ3v) is 1.85. The molecule has 15 heavy (non-hydrogen) atoms. The van der Waals surface area contributed by atoms with Crippen molar-refractivity contribution in [3.63, 3.8) is 0 Å². The minimum atomic E-state index is -0.524. The quantitative estimate of drug-likeness (QED) is 0.595. The summed E-state index contributed by atoms with van der Waals surface area (Å²) in [5.41, 5.74) is 0.541. The summed E-state index contributed by atoms with van der Waals surface area (Å²) in [7, 11) is 0. The summed E-state index contributed by atoms with van der Waals surface area (Å²) >= 11 is 0. The predicted molar refractivity (Wildman–Crippen MR) is 53.6 cm³/mol. The van der Waals surface area contributed by atoms with Gasteiger partial charge in [0.2, 0.25) is 0 Å². The molecule has 0 saturated carbocycles. The molecule has 1 N–H and O–H groups in total. The SMILES string of the molecule is CCNC(=O)c1cc(C)c([N+](=O)[O-])cn1. The Hall–Kier alpha value is -1.98. The van der Waals surface area contributed by atoms with Gasteiger partial charge < -0.3 is 5.32 Å². The van der Waals surface area contributed by atoms with Crippen molar-refractivity contribution >= 4 is 11.6 Å². The number of hydrogen-bond acceptors (Lipinski definition) is 4. The van der Waals surface area contributed by atoms with E-state index in [0.29, 0.717) is 12.1 Å². The van der Waals surface area contributed by atoms with Crippen molar-refractivity contribution in [2.24, 2.45) is 0 Å². The number of nitrogens with zero attached hydrogens (tertiary/aromatic N) is 2. The van der Waals surface area contributed by atoms with E-state index in [1.165, 1.54) is 6.07 Å². The lowest BCUT2D eigenvalue weighted by Crippen LogP contribution is -2.23. The van der Waals surface area contributed by atoms with Crippen molar-refractivity contribution in [3.8, 4) is 0 Å². The Balaban J connectivity index is 3.01. The van der Waals surface area contributed by atoms with E-state index in [-0.39, 0.29) is 17.3 Å². The lowest BCUT2D eigenvalue weighted by atomic mass is 10.2. The van der Waals surface area contributed by atoms with Crippen LogP contribution in [0.2, 0.25) is 0 Å². The summed E-state index contributed by atoms with van der Waals surface area (Å²) in [4.78, 5) is 25.0. The number of nitrogens with one attached hydrogen (secondary N) is 1. The largest absolute Gasteiger partial charge is 0.351 e. The van der Waals surface area contributed by atoms with Crippen LogP contribution in [0.15, 0.2) is 12.3 Å². The molecule has 0 atom stereocenters. The van der Waals surface area contributed by atoms with Gasteiger partial charge in [-0.3, -0.25) is 14.9 Å². The topological polar surface area (TPSA) is 85.1 Å². The van der Waals surface area contributed by atoms with Gasteiger partial charge in [0.15, 0.2) is 0 Å². The number of aromatic nitrogens is 1. The molecular weight excluding hydrogens is 198 g/mol. The summed E-state index contributed by atoms with van der Waals surface area (Å²) in [6.07, 6.45) is 1.10. The summed E-state index contributed by atoms with van der Waals surface area (Å²) in [5, 5.41) is 13.1. The monoisotopic (exact) mass is 209 g/mol. The first kappa shape index (κ1) is 11.1. The van der Waals surface area contributed by atoms with E-state index in [0.717, 1.165) is 6.20 Å². The highest BCUT2D eigenvalue weighted by molar-refractivity contribution is 5.92. The minimum Gasteiger partial charge on any atom is -0.351 e. The van der Waals surface area contributed by atoms with Crippen LogP contribution in [0.4, 0.5) is 5.69 Å². The van der Waals surface area contributed by atoms with Gasteiger partial charge in [-0.25, -0.2) is 4.98 Å². The molecule has 0 radical (unpaired) electrons. The van der Waals surface area contributed by atoms with E-state index in [1.54, 1.807) is 13.8 Å². The number of amides is 1. The highest BCUT2D eigenvalue weighted by atomic mass is 16.6. The maximum atomic E-state index is 11.3. The van der Waals surface area contributed by atoms with E-state index < -0.39 is 4.92 Å². The lowest BCUT2D eigenvalue weighted by molar-refractivity contribution is -0.385. The van der Waals surface area contributed by atoms with Crippen molar-refractivity contribution in [1.29, 1.82) is 0 Å². The normalized spacial score (nSPS) is 9.73. The summed E-state index contributed by atoms with van der Waals surface area (Å²) < 4.78 is 0. The number of pyridine rings is 1. The molecule has 1 amide bonds. The number of hydrogen-bond donors (Lipinski definition) is 1. The molecule has 0 spiro atoms. The molecule has 6 nitrogen and oxygen atoms in total. The van der Waals surface area contributed by atoms with E-state index in [4.69, 9.17) is 0 Å². The van der Waals surface area contributed by atoms with Crippen LogP contribution < -0.4 is 5.32 Å². The predicted octanol–water partition coefficient (Wildman–Crippen LogP) is 1.05. The number of rotatable bonds is 3. The zero-order chi connectivity index (χ0) is 11.4. The molecule has 0 aromatic carbocycles. The fraction of sp³-hybridized carbons (Fsp3) is 0.333. The van der Waals surface area contributed by atoms with E-state index in [2.05, 4.69) is 10.3 Å². The van der Waals surface area contributed by atoms with Crippen LogP contribution in [0.5, 0.6) is 0 Å². The molecule has 6 heteroatoms.